The van der Waals surface area contributed by atoms with Crippen LogP contribution in [0.25, 0.3) is 0 Å². The van der Waals surface area contributed by atoms with Gasteiger partial charge in [0.1, 0.15) is 0 Å². The maximum atomic E-state index is 13.1. The SMILES string of the molecule is CC1CNCCC1NC(=O)C1(c2ccccc2)CCOCC1. The Hall–Kier alpha value is -1.39. The molecule has 4 heteroatoms. The lowest BCUT2D eigenvalue weighted by Crippen LogP contribution is -2.55. The lowest BCUT2D eigenvalue weighted by molar-refractivity contribution is -0.131. The third-order valence-corrected chi connectivity index (χ3v) is 5.21. The van der Waals surface area contributed by atoms with Gasteiger partial charge in [0, 0.05) is 19.3 Å². The van der Waals surface area contributed by atoms with Gasteiger partial charge in [-0.25, -0.2) is 0 Å². The van der Waals surface area contributed by atoms with Gasteiger partial charge in [0.15, 0.2) is 0 Å². The van der Waals surface area contributed by atoms with Crippen molar-refractivity contribution in [1.82, 2.24) is 10.6 Å². The van der Waals surface area contributed by atoms with Crippen LogP contribution in [0.4, 0.5) is 0 Å². The number of rotatable bonds is 3. The Labute approximate surface area is 132 Å². The van der Waals surface area contributed by atoms with E-state index in [2.05, 4.69) is 29.7 Å². The lowest BCUT2D eigenvalue weighted by Gasteiger charge is -2.39. The van der Waals surface area contributed by atoms with Gasteiger partial charge < -0.3 is 15.4 Å². The summed E-state index contributed by atoms with van der Waals surface area (Å²) in [6, 6.07) is 10.5. The largest absolute Gasteiger partial charge is 0.381 e. The van der Waals surface area contributed by atoms with Gasteiger partial charge in [-0.1, -0.05) is 37.3 Å². The molecule has 2 aliphatic heterocycles. The Morgan fingerprint density at radius 1 is 1.27 bits per heavy atom. The fraction of sp³-hybridized carbons (Fsp3) is 0.611. The number of nitrogens with one attached hydrogen (secondary N) is 2. The van der Waals surface area contributed by atoms with E-state index in [4.69, 9.17) is 4.74 Å². The number of hydrogen-bond acceptors (Lipinski definition) is 3. The molecule has 22 heavy (non-hydrogen) atoms. The Morgan fingerprint density at radius 3 is 2.68 bits per heavy atom. The van der Waals surface area contributed by atoms with Crippen molar-refractivity contribution in [1.29, 1.82) is 0 Å². The maximum Gasteiger partial charge on any atom is 0.231 e. The molecule has 2 fully saturated rings. The van der Waals surface area contributed by atoms with Crippen LogP contribution in [-0.2, 0) is 14.9 Å². The third kappa shape index (κ3) is 3.03. The van der Waals surface area contributed by atoms with Crippen LogP contribution >= 0.6 is 0 Å². The van der Waals surface area contributed by atoms with Crippen LogP contribution in [0.5, 0.6) is 0 Å². The van der Waals surface area contributed by atoms with Gasteiger partial charge >= 0.3 is 0 Å². The van der Waals surface area contributed by atoms with Crippen LogP contribution < -0.4 is 10.6 Å². The molecule has 2 aliphatic rings. The van der Waals surface area contributed by atoms with E-state index in [9.17, 15) is 4.79 Å². The van der Waals surface area contributed by atoms with Crippen molar-refractivity contribution < 1.29 is 9.53 Å². The number of amides is 1. The van der Waals surface area contributed by atoms with E-state index in [0.717, 1.165) is 37.9 Å². The second-order valence-electron chi connectivity index (χ2n) is 6.61. The Morgan fingerprint density at radius 2 is 2.00 bits per heavy atom. The first kappa shape index (κ1) is 15.5. The molecule has 2 atom stereocenters. The number of carbonyl (C=O) groups is 1. The van der Waals surface area contributed by atoms with Gasteiger partial charge in [0.05, 0.1) is 5.41 Å². The standard InChI is InChI=1S/C18H26N2O2/c1-14-13-19-10-7-16(14)20-17(21)18(8-11-22-12-9-18)15-5-3-2-4-6-15/h2-6,14,16,19H,7-13H2,1H3,(H,20,21). The van der Waals surface area contributed by atoms with E-state index in [0.29, 0.717) is 19.1 Å². The number of ether oxygens (including phenoxy) is 1. The monoisotopic (exact) mass is 302 g/mol. The first-order valence-electron chi connectivity index (χ1n) is 8.37. The molecule has 0 bridgehead atoms. The summed E-state index contributed by atoms with van der Waals surface area (Å²) in [5, 5.41) is 6.73. The van der Waals surface area contributed by atoms with E-state index >= 15 is 0 Å². The van der Waals surface area contributed by atoms with Crippen LogP contribution in [0.1, 0.15) is 31.7 Å². The van der Waals surface area contributed by atoms with Gasteiger partial charge in [-0.05, 0) is 43.8 Å². The van der Waals surface area contributed by atoms with Gasteiger partial charge in [-0.2, -0.15) is 0 Å². The molecule has 120 valence electrons. The minimum absolute atomic E-state index is 0.181. The Kier molecular flexibility index (Phi) is 4.79. The average Bonchev–Trinajstić information content (AvgIpc) is 2.58. The number of benzene rings is 1. The summed E-state index contributed by atoms with van der Waals surface area (Å²) < 4.78 is 5.52. The molecule has 2 heterocycles. The third-order valence-electron chi connectivity index (χ3n) is 5.21. The normalized spacial score (nSPS) is 28.0. The molecular formula is C18H26N2O2. The van der Waals surface area contributed by atoms with E-state index in [1.165, 1.54) is 0 Å². The predicted molar refractivity (Wildman–Crippen MR) is 86.8 cm³/mol. The van der Waals surface area contributed by atoms with Crippen molar-refractivity contribution in [3.63, 3.8) is 0 Å². The fourth-order valence-electron chi connectivity index (χ4n) is 3.66. The first-order chi connectivity index (χ1) is 10.7. The Balaban J connectivity index is 1.81. The van der Waals surface area contributed by atoms with E-state index in [-0.39, 0.29) is 11.9 Å². The second kappa shape index (κ2) is 6.80. The zero-order chi connectivity index (χ0) is 15.4. The minimum atomic E-state index is -0.426. The molecule has 0 saturated carbocycles. The smallest absolute Gasteiger partial charge is 0.231 e. The van der Waals surface area contributed by atoms with Crippen molar-refractivity contribution in [2.75, 3.05) is 26.3 Å². The lowest BCUT2D eigenvalue weighted by atomic mass is 9.73. The second-order valence-corrected chi connectivity index (χ2v) is 6.61. The van der Waals surface area contributed by atoms with Gasteiger partial charge in [-0.3, -0.25) is 4.79 Å². The predicted octanol–water partition coefficient (Wildman–Crippen LogP) is 1.85. The first-order valence-corrected chi connectivity index (χ1v) is 8.37. The molecule has 2 unspecified atom stereocenters. The van der Waals surface area contributed by atoms with Crippen molar-refractivity contribution in [2.45, 2.75) is 37.6 Å². The Bertz CT molecular complexity index is 497. The molecule has 1 aromatic carbocycles. The van der Waals surface area contributed by atoms with Crippen LogP contribution in [-0.4, -0.2) is 38.3 Å². The van der Waals surface area contributed by atoms with Crippen LogP contribution in [0.15, 0.2) is 30.3 Å². The number of hydrogen-bond donors (Lipinski definition) is 2. The van der Waals surface area contributed by atoms with Crippen molar-refractivity contribution in [2.24, 2.45) is 5.92 Å². The zero-order valence-corrected chi connectivity index (χ0v) is 13.3. The van der Waals surface area contributed by atoms with Crippen molar-refractivity contribution in [3.05, 3.63) is 35.9 Å². The highest BCUT2D eigenvalue weighted by Crippen LogP contribution is 2.35. The molecule has 1 amide bonds. The van der Waals surface area contributed by atoms with Crippen molar-refractivity contribution in [3.8, 4) is 0 Å². The molecular weight excluding hydrogens is 276 g/mol. The summed E-state index contributed by atoms with van der Waals surface area (Å²) in [7, 11) is 0. The quantitative estimate of drug-likeness (QED) is 0.896. The summed E-state index contributed by atoms with van der Waals surface area (Å²) in [4.78, 5) is 13.1. The minimum Gasteiger partial charge on any atom is -0.381 e. The molecule has 1 aromatic rings. The molecule has 0 radical (unpaired) electrons. The summed E-state index contributed by atoms with van der Waals surface area (Å²) >= 11 is 0. The van der Waals surface area contributed by atoms with Crippen LogP contribution in [0.3, 0.4) is 0 Å². The summed E-state index contributed by atoms with van der Waals surface area (Å²) in [5.74, 6) is 0.658. The fourth-order valence-corrected chi connectivity index (χ4v) is 3.66. The van der Waals surface area contributed by atoms with E-state index < -0.39 is 5.41 Å². The molecule has 4 nitrogen and oxygen atoms in total. The molecule has 3 rings (SSSR count). The van der Waals surface area contributed by atoms with Gasteiger partial charge in [0.2, 0.25) is 5.91 Å². The van der Waals surface area contributed by atoms with Crippen LogP contribution in [0.2, 0.25) is 0 Å². The molecule has 0 aliphatic carbocycles. The summed E-state index contributed by atoms with van der Waals surface area (Å²) in [5.41, 5.74) is 0.696. The van der Waals surface area contributed by atoms with E-state index in [1.54, 1.807) is 0 Å². The van der Waals surface area contributed by atoms with Crippen molar-refractivity contribution >= 4 is 5.91 Å². The summed E-state index contributed by atoms with van der Waals surface area (Å²) in [6.07, 6.45) is 2.54. The molecule has 2 saturated heterocycles. The highest BCUT2D eigenvalue weighted by atomic mass is 16.5. The molecule has 0 spiro atoms. The van der Waals surface area contributed by atoms with Crippen LogP contribution in [0, 0.1) is 5.92 Å². The summed E-state index contributed by atoms with van der Waals surface area (Å²) in [6.45, 7) is 5.48. The highest BCUT2D eigenvalue weighted by molar-refractivity contribution is 5.88. The van der Waals surface area contributed by atoms with Gasteiger partial charge in [-0.15, -0.1) is 0 Å². The topological polar surface area (TPSA) is 50.4 Å². The number of carbonyl (C=O) groups excluding carboxylic acids is 1. The zero-order valence-electron chi connectivity index (χ0n) is 13.3. The highest BCUT2D eigenvalue weighted by Gasteiger charge is 2.42. The molecule has 0 aromatic heterocycles. The maximum absolute atomic E-state index is 13.1. The average molecular weight is 302 g/mol. The van der Waals surface area contributed by atoms with E-state index in [1.807, 2.05) is 18.2 Å². The number of piperidine rings is 1. The molecule has 2 N–H and O–H groups in total. The van der Waals surface area contributed by atoms with Gasteiger partial charge in [0.25, 0.3) is 0 Å².